The van der Waals surface area contributed by atoms with Gasteiger partial charge in [0.2, 0.25) is 0 Å². The van der Waals surface area contributed by atoms with E-state index in [0.717, 1.165) is 6.07 Å². The Balaban J connectivity index is 2.44. The number of nitro groups is 1. The molecule has 0 aliphatic carbocycles. The molecule has 0 unspecified atom stereocenters. The van der Waals surface area contributed by atoms with Gasteiger partial charge in [0.25, 0.3) is 5.69 Å². The van der Waals surface area contributed by atoms with Crippen LogP contribution >= 0.6 is 0 Å². The molecular formula is C13H10N3O4-. The summed E-state index contributed by atoms with van der Waals surface area (Å²) in [5.41, 5.74) is 6.22. The number of carboxylic acids is 1. The average Bonchev–Trinajstić information content (AvgIpc) is 2.41. The van der Waals surface area contributed by atoms with Crippen molar-refractivity contribution in [1.82, 2.24) is 0 Å². The van der Waals surface area contributed by atoms with Crippen LogP contribution in [0.5, 0.6) is 0 Å². The van der Waals surface area contributed by atoms with Crippen LogP contribution in [0, 0.1) is 10.1 Å². The van der Waals surface area contributed by atoms with Crippen molar-refractivity contribution in [3.8, 4) is 0 Å². The van der Waals surface area contributed by atoms with Crippen LogP contribution in [0.3, 0.4) is 0 Å². The molecule has 0 spiro atoms. The number of non-ortho nitro benzene ring substituents is 1. The molecule has 0 aliphatic heterocycles. The van der Waals surface area contributed by atoms with E-state index in [0.29, 0.717) is 11.4 Å². The minimum absolute atomic E-state index is 0.175. The number of anilines is 3. The van der Waals surface area contributed by atoms with E-state index < -0.39 is 10.9 Å². The SMILES string of the molecule is Nc1ccccc1Nc1ccc([N+](=O)[O-])cc1C(=O)[O-]. The van der Waals surface area contributed by atoms with Crippen molar-refractivity contribution in [3.05, 3.63) is 58.1 Å². The average molecular weight is 272 g/mol. The molecule has 0 saturated heterocycles. The summed E-state index contributed by atoms with van der Waals surface area (Å²) in [6.07, 6.45) is 0. The van der Waals surface area contributed by atoms with Crippen molar-refractivity contribution in [3.63, 3.8) is 0 Å². The van der Waals surface area contributed by atoms with Gasteiger partial charge in [-0.1, -0.05) is 12.1 Å². The topological polar surface area (TPSA) is 121 Å². The van der Waals surface area contributed by atoms with Gasteiger partial charge in [-0.25, -0.2) is 0 Å². The summed E-state index contributed by atoms with van der Waals surface area (Å²) in [6.45, 7) is 0. The third kappa shape index (κ3) is 2.66. The van der Waals surface area contributed by atoms with Gasteiger partial charge in [-0.3, -0.25) is 10.1 Å². The molecule has 0 bridgehead atoms. The molecular weight excluding hydrogens is 262 g/mol. The number of carboxylic acid groups (broad SMARTS) is 1. The Hall–Kier alpha value is -3.09. The Kier molecular flexibility index (Phi) is 3.52. The van der Waals surface area contributed by atoms with Gasteiger partial charge in [-0.15, -0.1) is 0 Å². The normalized spacial score (nSPS) is 10.0. The summed E-state index contributed by atoms with van der Waals surface area (Å²) in [7, 11) is 0. The minimum atomic E-state index is -1.51. The van der Waals surface area contributed by atoms with Gasteiger partial charge < -0.3 is 21.0 Å². The van der Waals surface area contributed by atoms with Gasteiger partial charge in [-0.05, 0) is 18.2 Å². The molecule has 0 saturated carbocycles. The van der Waals surface area contributed by atoms with Crippen LogP contribution in [0.1, 0.15) is 10.4 Å². The number of nitrogens with one attached hydrogen (secondary N) is 1. The highest BCUT2D eigenvalue weighted by Gasteiger charge is 2.12. The zero-order valence-electron chi connectivity index (χ0n) is 10.2. The van der Waals surface area contributed by atoms with Crippen LogP contribution in [0.25, 0.3) is 0 Å². The molecule has 3 N–H and O–H groups in total. The summed E-state index contributed by atoms with van der Waals surface area (Å²) in [4.78, 5) is 21.0. The summed E-state index contributed by atoms with van der Waals surface area (Å²) < 4.78 is 0. The Morgan fingerprint density at radius 3 is 2.45 bits per heavy atom. The summed E-state index contributed by atoms with van der Waals surface area (Å²) in [6, 6.07) is 10.2. The number of aromatic carboxylic acids is 1. The van der Waals surface area contributed by atoms with E-state index in [1.165, 1.54) is 12.1 Å². The first kappa shape index (κ1) is 13.3. The van der Waals surface area contributed by atoms with Crippen molar-refractivity contribution in [2.24, 2.45) is 0 Å². The van der Waals surface area contributed by atoms with E-state index in [-0.39, 0.29) is 16.9 Å². The van der Waals surface area contributed by atoms with Crippen LogP contribution in [0.15, 0.2) is 42.5 Å². The monoisotopic (exact) mass is 272 g/mol. The number of para-hydroxylation sites is 2. The molecule has 2 aromatic carbocycles. The highest BCUT2D eigenvalue weighted by Crippen LogP contribution is 2.27. The van der Waals surface area contributed by atoms with Gasteiger partial charge in [0, 0.05) is 23.4 Å². The number of nitro benzene ring substituents is 1. The molecule has 0 atom stereocenters. The van der Waals surface area contributed by atoms with E-state index in [1.54, 1.807) is 24.3 Å². The molecule has 7 heteroatoms. The Morgan fingerprint density at radius 2 is 1.85 bits per heavy atom. The van der Waals surface area contributed by atoms with Gasteiger partial charge in [0.15, 0.2) is 0 Å². The maximum Gasteiger partial charge on any atom is 0.270 e. The van der Waals surface area contributed by atoms with Crippen LogP contribution in [0.2, 0.25) is 0 Å². The molecule has 20 heavy (non-hydrogen) atoms. The zero-order valence-corrected chi connectivity index (χ0v) is 10.2. The zero-order chi connectivity index (χ0) is 14.7. The van der Waals surface area contributed by atoms with E-state index >= 15 is 0 Å². The van der Waals surface area contributed by atoms with Crippen molar-refractivity contribution < 1.29 is 14.8 Å². The van der Waals surface area contributed by atoms with E-state index in [2.05, 4.69) is 5.32 Å². The number of carbonyl (C=O) groups is 1. The predicted octanol–water partition coefficient (Wildman–Crippen LogP) is 1.28. The van der Waals surface area contributed by atoms with Crippen LogP contribution < -0.4 is 16.2 Å². The summed E-state index contributed by atoms with van der Waals surface area (Å²) in [5.74, 6) is -1.51. The van der Waals surface area contributed by atoms with Crippen molar-refractivity contribution in [1.29, 1.82) is 0 Å². The number of nitrogens with zero attached hydrogens (tertiary/aromatic N) is 1. The number of hydrogen-bond acceptors (Lipinski definition) is 6. The minimum Gasteiger partial charge on any atom is -0.545 e. The van der Waals surface area contributed by atoms with Crippen molar-refractivity contribution in [2.45, 2.75) is 0 Å². The first-order valence-electron chi connectivity index (χ1n) is 5.60. The number of nitrogens with two attached hydrogens (primary N) is 1. The molecule has 2 rings (SSSR count). The maximum atomic E-state index is 11.1. The van der Waals surface area contributed by atoms with Gasteiger partial charge >= 0.3 is 0 Å². The molecule has 0 heterocycles. The molecule has 0 radical (unpaired) electrons. The second-order valence-electron chi connectivity index (χ2n) is 3.99. The second kappa shape index (κ2) is 5.27. The van der Waals surface area contributed by atoms with Gasteiger partial charge in [0.1, 0.15) is 0 Å². The smallest absolute Gasteiger partial charge is 0.270 e. The Bertz CT molecular complexity index is 685. The van der Waals surface area contributed by atoms with Crippen molar-refractivity contribution in [2.75, 3.05) is 11.1 Å². The lowest BCUT2D eigenvalue weighted by atomic mass is 10.1. The van der Waals surface area contributed by atoms with Crippen molar-refractivity contribution >= 4 is 28.7 Å². The van der Waals surface area contributed by atoms with Crippen LogP contribution in [-0.2, 0) is 0 Å². The van der Waals surface area contributed by atoms with E-state index in [4.69, 9.17) is 5.73 Å². The summed E-state index contributed by atoms with van der Waals surface area (Å²) in [5, 5.41) is 24.5. The Morgan fingerprint density at radius 1 is 1.15 bits per heavy atom. The number of nitrogen functional groups attached to an aromatic ring is 1. The molecule has 2 aromatic rings. The largest absolute Gasteiger partial charge is 0.545 e. The highest BCUT2D eigenvalue weighted by atomic mass is 16.6. The first-order chi connectivity index (χ1) is 9.49. The number of rotatable bonds is 4. The van der Waals surface area contributed by atoms with Gasteiger partial charge in [-0.2, -0.15) is 0 Å². The Labute approximate surface area is 113 Å². The van der Waals surface area contributed by atoms with E-state index in [9.17, 15) is 20.0 Å². The third-order valence-corrected chi connectivity index (χ3v) is 2.66. The fraction of sp³-hybridized carbons (Fsp3) is 0. The quantitative estimate of drug-likeness (QED) is 0.491. The molecule has 0 amide bonds. The standard InChI is InChI=1S/C13H11N3O4/c14-10-3-1-2-4-12(10)15-11-6-5-8(16(19)20)7-9(11)13(17)18/h1-7,15H,14H2,(H,17,18)/p-1. The first-order valence-corrected chi connectivity index (χ1v) is 5.60. The fourth-order valence-electron chi connectivity index (χ4n) is 1.68. The maximum absolute atomic E-state index is 11.1. The van der Waals surface area contributed by atoms with Crippen LogP contribution in [0.4, 0.5) is 22.7 Å². The number of hydrogen-bond donors (Lipinski definition) is 2. The fourth-order valence-corrected chi connectivity index (χ4v) is 1.68. The highest BCUT2D eigenvalue weighted by molar-refractivity contribution is 5.95. The van der Waals surface area contributed by atoms with E-state index in [1.807, 2.05) is 0 Å². The lowest BCUT2D eigenvalue weighted by Gasteiger charge is -2.14. The molecule has 7 nitrogen and oxygen atoms in total. The number of carbonyl (C=O) groups excluding carboxylic acids is 1. The molecule has 102 valence electrons. The second-order valence-corrected chi connectivity index (χ2v) is 3.99. The molecule has 0 fully saturated rings. The van der Waals surface area contributed by atoms with Crippen LogP contribution in [-0.4, -0.2) is 10.9 Å². The summed E-state index contributed by atoms with van der Waals surface area (Å²) >= 11 is 0. The lowest BCUT2D eigenvalue weighted by molar-refractivity contribution is -0.385. The van der Waals surface area contributed by atoms with Gasteiger partial charge in [0.05, 0.1) is 22.3 Å². The third-order valence-electron chi connectivity index (χ3n) is 2.66. The number of benzene rings is 2. The molecule has 0 aromatic heterocycles. The lowest BCUT2D eigenvalue weighted by Crippen LogP contribution is -2.23. The predicted molar refractivity (Wildman–Crippen MR) is 71.6 cm³/mol. The molecule has 0 aliphatic rings.